The molecule has 1 heterocycles. The number of aryl methyl sites for hydroxylation is 2. The van der Waals surface area contributed by atoms with Crippen molar-refractivity contribution in [3.8, 4) is 5.69 Å². The largest absolute Gasteiger partial charge is 0.293 e. The van der Waals surface area contributed by atoms with Gasteiger partial charge in [-0.2, -0.15) is 5.10 Å². The van der Waals surface area contributed by atoms with Gasteiger partial charge in [-0.15, -0.1) is 0 Å². The van der Waals surface area contributed by atoms with E-state index in [0.29, 0.717) is 5.69 Å². The summed E-state index contributed by atoms with van der Waals surface area (Å²) in [5.74, 6) is 0.0413. The predicted octanol–water partition coefficient (Wildman–Crippen LogP) is 3.73. The lowest BCUT2D eigenvalue weighted by atomic mass is 10.1. The molecule has 2 aromatic rings. The Hall–Kier alpha value is -1.90. The molecule has 0 aliphatic heterocycles. The van der Waals surface area contributed by atoms with Crippen LogP contribution in [0.15, 0.2) is 30.3 Å². The second-order valence-corrected chi connectivity index (χ2v) is 4.91. The molecule has 0 radical (unpaired) electrons. The van der Waals surface area contributed by atoms with Crippen molar-refractivity contribution in [3.05, 3.63) is 47.3 Å². The Kier molecular flexibility index (Phi) is 4.15. The lowest BCUT2D eigenvalue weighted by molar-refractivity contribution is 0.101. The Labute approximate surface area is 114 Å². The van der Waals surface area contributed by atoms with Gasteiger partial charge in [-0.25, -0.2) is 4.68 Å². The Bertz CT molecular complexity index is 584. The van der Waals surface area contributed by atoms with Gasteiger partial charge in [0.1, 0.15) is 5.69 Å². The van der Waals surface area contributed by atoms with Gasteiger partial charge >= 0.3 is 0 Å². The maximum Gasteiger partial charge on any atom is 0.178 e. The number of hydrogen-bond acceptors (Lipinski definition) is 2. The molecule has 0 aliphatic carbocycles. The molecule has 3 heteroatoms. The third-order valence-electron chi connectivity index (χ3n) is 3.17. The number of aromatic nitrogens is 2. The van der Waals surface area contributed by atoms with Crippen molar-refractivity contribution in [1.82, 2.24) is 9.78 Å². The van der Waals surface area contributed by atoms with Crippen LogP contribution in [0.4, 0.5) is 0 Å². The molecular weight excluding hydrogens is 236 g/mol. The highest BCUT2D eigenvalue weighted by atomic mass is 16.1. The third kappa shape index (κ3) is 3.11. The number of rotatable bonds is 5. The zero-order valence-corrected chi connectivity index (χ0v) is 11.8. The summed E-state index contributed by atoms with van der Waals surface area (Å²) in [6.45, 7) is 5.67. The maximum absolute atomic E-state index is 11.6. The lowest BCUT2D eigenvalue weighted by Gasteiger charge is -2.07. The van der Waals surface area contributed by atoms with Crippen molar-refractivity contribution in [1.29, 1.82) is 0 Å². The molecule has 0 saturated carbocycles. The number of nitrogens with zero attached hydrogens (tertiary/aromatic N) is 2. The summed E-state index contributed by atoms with van der Waals surface area (Å²) >= 11 is 0. The molecule has 0 saturated heterocycles. The molecule has 0 N–H and O–H groups in total. The van der Waals surface area contributed by atoms with Gasteiger partial charge in [0, 0.05) is 6.92 Å². The van der Waals surface area contributed by atoms with Crippen molar-refractivity contribution >= 4 is 5.78 Å². The zero-order valence-electron chi connectivity index (χ0n) is 11.8. The molecule has 0 bridgehead atoms. The van der Waals surface area contributed by atoms with E-state index in [-0.39, 0.29) is 5.78 Å². The quantitative estimate of drug-likeness (QED) is 0.764. The summed E-state index contributed by atoms with van der Waals surface area (Å²) in [4.78, 5) is 11.6. The monoisotopic (exact) mass is 256 g/mol. The molecule has 0 fully saturated rings. The zero-order chi connectivity index (χ0) is 13.8. The van der Waals surface area contributed by atoms with Gasteiger partial charge in [0.05, 0.1) is 11.4 Å². The van der Waals surface area contributed by atoms with Gasteiger partial charge in [-0.3, -0.25) is 4.79 Å². The molecule has 100 valence electrons. The Balaban J connectivity index is 2.38. The normalized spacial score (nSPS) is 10.7. The van der Waals surface area contributed by atoms with Crippen LogP contribution in [0.5, 0.6) is 0 Å². The highest BCUT2D eigenvalue weighted by molar-refractivity contribution is 5.93. The molecule has 0 spiro atoms. The van der Waals surface area contributed by atoms with E-state index in [1.165, 1.54) is 18.4 Å². The number of benzene rings is 1. The van der Waals surface area contributed by atoms with E-state index < -0.39 is 0 Å². The molecule has 2 rings (SSSR count). The van der Waals surface area contributed by atoms with Crippen LogP contribution in [-0.2, 0) is 6.42 Å². The number of carbonyl (C=O) groups excluding carboxylic acids is 1. The van der Waals surface area contributed by atoms with E-state index in [2.05, 4.69) is 24.2 Å². The van der Waals surface area contributed by atoms with Crippen LogP contribution in [0.25, 0.3) is 5.69 Å². The Morgan fingerprint density at radius 2 is 2.11 bits per heavy atom. The van der Waals surface area contributed by atoms with Crippen LogP contribution < -0.4 is 0 Å². The van der Waals surface area contributed by atoms with Crippen LogP contribution in [0.1, 0.15) is 48.4 Å². The van der Waals surface area contributed by atoms with E-state index >= 15 is 0 Å². The smallest absolute Gasteiger partial charge is 0.178 e. The van der Waals surface area contributed by atoms with Gasteiger partial charge in [-0.05, 0) is 43.5 Å². The summed E-state index contributed by atoms with van der Waals surface area (Å²) in [6.07, 6.45) is 3.44. The summed E-state index contributed by atoms with van der Waals surface area (Å²) in [7, 11) is 0. The number of hydrogen-bond donors (Lipinski definition) is 0. The van der Waals surface area contributed by atoms with Crippen LogP contribution in [0.3, 0.4) is 0 Å². The minimum Gasteiger partial charge on any atom is -0.293 e. The number of unbranched alkanes of at least 4 members (excludes halogenated alkanes) is 1. The molecule has 0 amide bonds. The van der Waals surface area contributed by atoms with Crippen molar-refractivity contribution in [2.75, 3.05) is 0 Å². The topological polar surface area (TPSA) is 34.9 Å². The van der Waals surface area contributed by atoms with Crippen molar-refractivity contribution in [2.45, 2.75) is 40.0 Å². The number of carbonyl (C=O) groups is 1. The van der Waals surface area contributed by atoms with Crippen molar-refractivity contribution in [3.63, 3.8) is 0 Å². The van der Waals surface area contributed by atoms with Crippen LogP contribution >= 0.6 is 0 Å². The first kappa shape index (κ1) is 13.5. The molecule has 19 heavy (non-hydrogen) atoms. The average molecular weight is 256 g/mol. The summed E-state index contributed by atoms with van der Waals surface area (Å²) in [5, 5.41) is 4.42. The SMILES string of the molecule is CCCCc1cccc(-n2nc(C)cc2C(C)=O)c1. The first-order valence-corrected chi connectivity index (χ1v) is 6.78. The molecular formula is C16H20N2O. The molecule has 0 unspecified atom stereocenters. The van der Waals surface area contributed by atoms with Crippen molar-refractivity contribution < 1.29 is 4.79 Å². The summed E-state index contributed by atoms with van der Waals surface area (Å²) in [5.41, 5.74) is 3.77. The third-order valence-corrected chi connectivity index (χ3v) is 3.17. The average Bonchev–Trinajstić information content (AvgIpc) is 2.79. The highest BCUT2D eigenvalue weighted by Crippen LogP contribution is 2.16. The van der Waals surface area contributed by atoms with Crippen LogP contribution in [0, 0.1) is 6.92 Å². The maximum atomic E-state index is 11.6. The van der Waals surface area contributed by atoms with E-state index in [9.17, 15) is 4.79 Å². The van der Waals surface area contributed by atoms with Gasteiger partial charge in [0.15, 0.2) is 5.78 Å². The van der Waals surface area contributed by atoms with E-state index in [1.54, 1.807) is 11.6 Å². The highest BCUT2D eigenvalue weighted by Gasteiger charge is 2.11. The molecule has 1 aromatic heterocycles. The fraction of sp³-hybridized carbons (Fsp3) is 0.375. The predicted molar refractivity (Wildman–Crippen MR) is 76.9 cm³/mol. The van der Waals surface area contributed by atoms with Gasteiger partial charge in [0.2, 0.25) is 0 Å². The van der Waals surface area contributed by atoms with Crippen molar-refractivity contribution in [2.24, 2.45) is 0 Å². The number of Topliss-reactive ketones (excluding diaryl/α,β-unsaturated/α-hetero) is 1. The summed E-state index contributed by atoms with van der Waals surface area (Å²) < 4.78 is 1.74. The van der Waals surface area contributed by atoms with Gasteiger partial charge < -0.3 is 0 Å². The fourth-order valence-electron chi connectivity index (χ4n) is 2.17. The number of ketones is 1. The lowest BCUT2D eigenvalue weighted by Crippen LogP contribution is -2.06. The summed E-state index contributed by atoms with van der Waals surface area (Å²) in [6, 6.07) is 10.1. The first-order chi connectivity index (χ1) is 9.11. The van der Waals surface area contributed by atoms with Crippen LogP contribution in [-0.4, -0.2) is 15.6 Å². The van der Waals surface area contributed by atoms with E-state index in [1.807, 2.05) is 25.1 Å². The molecule has 0 atom stereocenters. The molecule has 3 nitrogen and oxygen atoms in total. The Morgan fingerprint density at radius 3 is 2.79 bits per heavy atom. The van der Waals surface area contributed by atoms with E-state index in [0.717, 1.165) is 17.8 Å². The standard InChI is InChI=1S/C16H20N2O/c1-4-5-7-14-8-6-9-15(11-14)18-16(13(3)19)10-12(2)17-18/h6,8-11H,4-5,7H2,1-3H3. The van der Waals surface area contributed by atoms with Gasteiger partial charge in [-0.1, -0.05) is 25.5 Å². The minimum atomic E-state index is 0.0413. The first-order valence-electron chi connectivity index (χ1n) is 6.78. The van der Waals surface area contributed by atoms with Crippen LogP contribution in [0.2, 0.25) is 0 Å². The second-order valence-electron chi connectivity index (χ2n) is 4.91. The molecule has 1 aromatic carbocycles. The van der Waals surface area contributed by atoms with E-state index in [4.69, 9.17) is 0 Å². The van der Waals surface area contributed by atoms with Gasteiger partial charge in [0.25, 0.3) is 0 Å². The second kappa shape index (κ2) is 5.83. The Morgan fingerprint density at radius 1 is 1.32 bits per heavy atom. The minimum absolute atomic E-state index is 0.0413. The fourth-order valence-corrected chi connectivity index (χ4v) is 2.17. The molecule has 0 aliphatic rings.